The number of hydrogen-bond acceptors (Lipinski definition) is 7. The summed E-state index contributed by atoms with van der Waals surface area (Å²) in [5.41, 5.74) is -1.29. The van der Waals surface area contributed by atoms with Gasteiger partial charge in [0, 0.05) is 10.6 Å². The number of aromatic nitrogens is 4. The van der Waals surface area contributed by atoms with Crippen molar-refractivity contribution in [1.82, 2.24) is 25.1 Å². The minimum atomic E-state index is -4.65. The number of nitrogens with zero attached hydrogens (tertiary/aromatic N) is 4. The molecule has 1 aromatic carbocycles. The first-order chi connectivity index (χ1) is 14.5. The Morgan fingerprint density at radius 3 is 2.65 bits per heavy atom. The van der Waals surface area contributed by atoms with Crippen LogP contribution >= 0.6 is 22.9 Å². The Kier molecular flexibility index (Phi) is 6.32. The van der Waals surface area contributed by atoms with Crippen molar-refractivity contribution in [3.8, 4) is 5.13 Å². The summed E-state index contributed by atoms with van der Waals surface area (Å²) in [6.07, 6.45) is -3.33. The summed E-state index contributed by atoms with van der Waals surface area (Å²) in [4.78, 5) is 32.9. The topological polar surface area (TPSA) is 99.0 Å². The number of rotatable bonds is 5. The molecule has 0 saturated carbocycles. The molecule has 2 heterocycles. The Bertz CT molecular complexity index is 1140. The Morgan fingerprint density at radius 2 is 2.00 bits per heavy atom. The molecule has 2 aromatic heterocycles. The maximum atomic E-state index is 13.0. The molecule has 8 nitrogen and oxygen atoms in total. The van der Waals surface area contributed by atoms with Gasteiger partial charge in [-0.25, -0.2) is 14.8 Å². The van der Waals surface area contributed by atoms with Crippen LogP contribution in [0.1, 0.15) is 50.2 Å². The highest BCUT2D eigenvalue weighted by atomic mass is 35.5. The second kappa shape index (κ2) is 8.63. The van der Waals surface area contributed by atoms with Crippen molar-refractivity contribution in [2.24, 2.45) is 0 Å². The maximum absolute atomic E-state index is 13.0. The van der Waals surface area contributed by atoms with E-state index in [1.807, 2.05) is 0 Å². The first-order valence-corrected chi connectivity index (χ1v) is 9.85. The molecular weight excluding hydrogens is 459 g/mol. The molecule has 1 amide bonds. The van der Waals surface area contributed by atoms with Crippen molar-refractivity contribution in [1.29, 1.82) is 0 Å². The highest BCUT2D eigenvalue weighted by Crippen LogP contribution is 2.32. The van der Waals surface area contributed by atoms with Crippen LogP contribution in [0.2, 0.25) is 5.02 Å². The average Bonchev–Trinajstić information content (AvgIpc) is 3.32. The minimum Gasteiger partial charge on any atom is -0.465 e. The van der Waals surface area contributed by atoms with E-state index in [9.17, 15) is 22.8 Å². The summed E-state index contributed by atoms with van der Waals surface area (Å²) >= 11 is 6.76. The second-order valence-corrected chi connectivity index (χ2v) is 7.79. The van der Waals surface area contributed by atoms with Gasteiger partial charge in [-0.15, -0.1) is 5.10 Å². The Labute approximate surface area is 183 Å². The highest BCUT2D eigenvalue weighted by molar-refractivity contribution is 7.15. The molecule has 3 rings (SSSR count). The zero-order valence-electron chi connectivity index (χ0n) is 16.3. The second-order valence-electron chi connectivity index (χ2n) is 6.35. The van der Waals surface area contributed by atoms with Crippen LogP contribution in [-0.2, 0) is 10.9 Å². The summed E-state index contributed by atoms with van der Waals surface area (Å²) in [5, 5.41) is 6.89. The van der Waals surface area contributed by atoms with Crippen LogP contribution in [0.5, 0.6) is 0 Å². The van der Waals surface area contributed by atoms with Gasteiger partial charge in [0.2, 0.25) is 5.13 Å². The van der Waals surface area contributed by atoms with Crippen molar-refractivity contribution in [3.05, 3.63) is 57.1 Å². The van der Waals surface area contributed by atoms with Crippen LogP contribution in [0.25, 0.3) is 5.13 Å². The van der Waals surface area contributed by atoms with E-state index in [1.54, 1.807) is 13.8 Å². The molecule has 0 saturated heterocycles. The molecule has 1 unspecified atom stereocenters. The largest absolute Gasteiger partial charge is 0.465 e. The van der Waals surface area contributed by atoms with E-state index in [-0.39, 0.29) is 21.3 Å². The zero-order valence-corrected chi connectivity index (χ0v) is 17.9. The first kappa shape index (κ1) is 22.7. The summed E-state index contributed by atoms with van der Waals surface area (Å²) in [6, 6.07) is 1.84. The monoisotopic (exact) mass is 473 g/mol. The number of methoxy groups -OCH3 is 1. The molecule has 13 heteroatoms. The maximum Gasteiger partial charge on any atom is 0.416 e. The third-order valence-corrected chi connectivity index (χ3v) is 5.19. The van der Waals surface area contributed by atoms with Crippen LogP contribution < -0.4 is 5.32 Å². The number of nitrogens with one attached hydrogen (secondary N) is 1. The third kappa shape index (κ3) is 5.02. The summed E-state index contributed by atoms with van der Waals surface area (Å²) < 4.78 is 45.0. The number of halogens is 4. The molecule has 164 valence electrons. The predicted molar refractivity (Wildman–Crippen MR) is 105 cm³/mol. The van der Waals surface area contributed by atoms with Gasteiger partial charge in [-0.3, -0.25) is 4.79 Å². The van der Waals surface area contributed by atoms with Crippen molar-refractivity contribution < 1.29 is 27.5 Å². The van der Waals surface area contributed by atoms with Crippen LogP contribution in [0, 0.1) is 6.92 Å². The van der Waals surface area contributed by atoms with E-state index >= 15 is 0 Å². The molecular formula is C18H15ClF3N5O3S. The molecule has 3 aromatic rings. The fraction of sp³-hybridized carbons (Fsp3) is 0.278. The highest BCUT2D eigenvalue weighted by Gasteiger charge is 2.32. The molecule has 0 bridgehead atoms. The minimum absolute atomic E-state index is 0.218. The molecule has 1 N–H and O–H groups in total. The molecule has 0 aliphatic heterocycles. The van der Waals surface area contributed by atoms with E-state index in [1.165, 1.54) is 18.0 Å². The van der Waals surface area contributed by atoms with Crippen LogP contribution in [0.15, 0.2) is 24.4 Å². The van der Waals surface area contributed by atoms with Gasteiger partial charge in [0.1, 0.15) is 10.7 Å². The number of alkyl halides is 3. The lowest BCUT2D eigenvalue weighted by Crippen LogP contribution is -2.29. The van der Waals surface area contributed by atoms with Crippen molar-refractivity contribution >= 4 is 34.8 Å². The molecule has 0 aliphatic carbocycles. The number of benzene rings is 1. The van der Waals surface area contributed by atoms with Gasteiger partial charge in [0.25, 0.3) is 5.91 Å². The number of esters is 1. The lowest BCUT2D eigenvalue weighted by atomic mass is 10.1. The van der Waals surface area contributed by atoms with Gasteiger partial charge in [0.05, 0.1) is 24.9 Å². The van der Waals surface area contributed by atoms with Crippen LogP contribution in [0.3, 0.4) is 0 Å². The normalized spacial score (nSPS) is 12.5. The van der Waals surface area contributed by atoms with E-state index in [0.29, 0.717) is 17.0 Å². The average molecular weight is 474 g/mol. The van der Waals surface area contributed by atoms with Gasteiger partial charge in [0.15, 0.2) is 5.82 Å². The van der Waals surface area contributed by atoms with Gasteiger partial charge in [-0.05, 0) is 32.0 Å². The predicted octanol–water partition coefficient (Wildman–Crippen LogP) is 3.98. The standard InChI is InChI=1S/C18H15ClF3N5O3S/c1-8(24-15(28)10-4-11(18(20,21)22)6-12(19)5-10)14-25-9(2)26-27(14)17-23-7-13(31-17)16(29)30-3/h4-8H,1-3H3,(H,24,28). The Hall–Kier alpha value is -2.99. The van der Waals surface area contributed by atoms with E-state index in [0.717, 1.165) is 23.5 Å². The third-order valence-electron chi connectivity index (χ3n) is 4.02. The van der Waals surface area contributed by atoms with Crippen LogP contribution in [-0.4, -0.2) is 38.7 Å². The molecule has 0 radical (unpaired) electrons. The summed E-state index contributed by atoms with van der Waals surface area (Å²) in [7, 11) is 1.24. The molecule has 0 fully saturated rings. The smallest absolute Gasteiger partial charge is 0.416 e. The van der Waals surface area contributed by atoms with Gasteiger partial charge in [-0.2, -0.15) is 17.9 Å². The molecule has 31 heavy (non-hydrogen) atoms. The Balaban J connectivity index is 1.87. The van der Waals surface area contributed by atoms with E-state index in [4.69, 9.17) is 11.6 Å². The van der Waals surface area contributed by atoms with Gasteiger partial charge in [-0.1, -0.05) is 22.9 Å². The number of hydrogen-bond donors (Lipinski definition) is 1. The number of thiazole rings is 1. The Morgan fingerprint density at radius 1 is 1.29 bits per heavy atom. The molecule has 1 atom stereocenters. The first-order valence-electron chi connectivity index (χ1n) is 8.66. The van der Waals surface area contributed by atoms with E-state index < -0.39 is 29.7 Å². The number of carbonyl (C=O) groups excluding carboxylic acids is 2. The number of ether oxygens (including phenoxy) is 1. The van der Waals surface area contributed by atoms with Crippen molar-refractivity contribution in [3.63, 3.8) is 0 Å². The van der Waals surface area contributed by atoms with Crippen molar-refractivity contribution in [2.75, 3.05) is 7.11 Å². The number of aryl methyl sites for hydroxylation is 1. The SMILES string of the molecule is COC(=O)c1cnc(-n2nc(C)nc2C(C)NC(=O)c2cc(Cl)cc(C(F)(F)F)c2)s1. The fourth-order valence-electron chi connectivity index (χ4n) is 2.64. The molecule has 0 spiro atoms. The summed E-state index contributed by atoms with van der Waals surface area (Å²) in [5.74, 6) is -0.699. The van der Waals surface area contributed by atoms with Crippen LogP contribution in [0.4, 0.5) is 13.2 Å². The quantitative estimate of drug-likeness (QED) is 0.563. The molecule has 0 aliphatic rings. The number of amides is 1. The zero-order chi connectivity index (χ0) is 22.9. The lowest BCUT2D eigenvalue weighted by Gasteiger charge is -2.15. The van der Waals surface area contributed by atoms with Crippen molar-refractivity contribution in [2.45, 2.75) is 26.1 Å². The summed E-state index contributed by atoms with van der Waals surface area (Å²) in [6.45, 7) is 3.21. The van der Waals surface area contributed by atoms with Gasteiger partial charge >= 0.3 is 12.1 Å². The lowest BCUT2D eigenvalue weighted by molar-refractivity contribution is -0.137. The van der Waals surface area contributed by atoms with E-state index in [2.05, 4.69) is 25.1 Å². The number of carbonyl (C=O) groups is 2. The van der Waals surface area contributed by atoms with Gasteiger partial charge < -0.3 is 10.1 Å². The fourth-order valence-corrected chi connectivity index (χ4v) is 3.67.